The molecule has 0 atom stereocenters. The van der Waals surface area contributed by atoms with E-state index >= 15 is 0 Å². The number of thiazole rings is 1. The molecule has 0 spiro atoms. The van der Waals surface area contributed by atoms with Gasteiger partial charge < -0.3 is 15.0 Å². The topological polar surface area (TPSA) is 37.4 Å². The Morgan fingerprint density at radius 2 is 2.28 bits per heavy atom. The Morgan fingerprint density at radius 3 is 3.00 bits per heavy atom. The molecule has 2 rings (SSSR count). The second kappa shape index (κ2) is 7.19. The van der Waals surface area contributed by atoms with Crippen LogP contribution in [-0.2, 0) is 17.9 Å². The summed E-state index contributed by atoms with van der Waals surface area (Å²) in [5.41, 5.74) is 1.08. The summed E-state index contributed by atoms with van der Waals surface area (Å²) in [6, 6.07) is 0. The molecule has 0 bridgehead atoms. The molecule has 0 unspecified atom stereocenters. The number of likely N-dealkylation sites (tertiary alicyclic amines) is 1. The minimum absolute atomic E-state index is 0.417. The van der Waals surface area contributed by atoms with Crippen LogP contribution >= 0.6 is 11.3 Å². The van der Waals surface area contributed by atoms with E-state index in [9.17, 15) is 0 Å². The highest BCUT2D eigenvalue weighted by molar-refractivity contribution is 7.09. The van der Waals surface area contributed by atoms with E-state index < -0.39 is 0 Å². The van der Waals surface area contributed by atoms with E-state index in [4.69, 9.17) is 4.74 Å². The Labute approximate surface area is 113 Å². The fourth-order valence-corrected chi connectivity index (χ4v) is 2.83. The van der Waals surface area contributed by atoms with E-state index in [0.717, 1.165) is 49.7 Å². The zero-order valence-corrected chi connectivity index (χ0v) is 12.1. The first kappa shape index (κ1) is 13.9. The van der Waals surface area contributed by atoms with Gasteiger partial charge in [0, 0.05) is 25.0 Å². The van der Waals surface area contributed by atoms with Gasteiger partial charge >= 0.3 is 0 Å². The minimum atomic E-state index is 0.417. The average Bonchev–Trinajstić information content (AvgIpc) is 2.84. The first-order valence-corrected chi connectivity index (χ1v) is 7.60. The van der Waals surface area contributed by atoms with Gasteiger partial charge in [0.1, 0.15) is 5.01 Å². The molecule has 0 saturated carbocycles. The lowest BCUT2D eigenvalue weighted by atomic mass is 10.1. The van der Waals surface area contributed by atoms with Gasteiger partial charge in [0.25, 0.3) is 0 Å². The summed E-state index contributed by atoms with van der Waals surface area (Å²) in [6.45, 7) is 6.92. The minimum Gasteiger partial charge on any atom is -0.372 e. The van der Waals surface area contributed by atoms with Crippen LogP contribution in [0.2, 0.25) is 0 Å². The van der Waals surface area contributed by atoms with Crippen molar-refractivity contribution in [3.8, 4) is 0 Å². The molecule has 1 fully saturated rings. The summed E-state index contributed by atoms with van der Waals surface area (Å²) in [7, 11) is 2.17. The lowest BCUT2D eigenvalue weighted by Gasteiger charge is -2.28. The molecule has 1 saturated heterocycles. The van der Waals surface area contributed by atoms with E-state index in [2.05, 4.69) is 34.6 Å². The van der Waals surface area contributed by atoms with Crippen LogP contribution in [0.5, 0.6) is 0 Å². The lowest BCUT2D eigenvalue weighted by Crippen LogP contribution is -2.34. The quantitative estimate of drug-likeness (QED) is 0.855. The number of rotatable bonds is 6. The molecule has 2 heterocycles. The molecule has 18 heavy (non-hydrogen) atoms. The maximum Gasteiger partial charge on any atom is 0.107 e. The first-order valence-electron chi connectivity index (χ1n) is 6.72. The fourth-order valence-electron chi connectivity index (χ4n) is 2.08. The predicted molar refractivity (Wildman–Crippen MR) is 74.8 cm³/mol. The van der Waals surface area contributed by atoms with Crippen LogP contribution in [0.1, 0.15) is 30.5 Å². The van der Waals surface area contributed by atoms with Crippen LogP contribution in [0.4, 0.5) is 0 Å². The molecule has 4 nitrogen and oxygen atoms in total. The Bertz CT molecular complexity index is 348. The van der Waals surface area contributed by atoms with Crippen molar-refractivity contribution in [3.05, 3.63) is 16.1 Å². The number of nitrogens with zero attached hydrogens (tertiary/aromatic N) is 2. The van der Waals surface area contributed by atoms with E-state index in [-0.39, 0.29) is 0 Å². The fraction of sp³-hybridized carbons (Fsp3) is 0.769. The number of hydrogen-bond acceptors (Lipinski definition) is 5. The van der Waals surface area contributed by atoms with Crippen LogP contribution in [0.15, 0.2) is 5.38 Å². The molecule has 5 heteroatoms. The van der Waals surface area contributed by atoms with Gasteiger partial charge in [0.05, 0.1) is 18.4 Å². The summed E-state index contributed by atoms with van der Waals surface area (Å²) in [5, 5.41) is 6.55. The first-order chi connectivity index (χ1) is 8.78. The number of aromatic nitrogens is 1. The molecule has 0 radical (unpaired) electrons. The van der Waals surface area contributed by atoms with Crippen molar-refractivity contribution >= 4 is 11.3 Å². The zero-order valence-electron chi connectivity index (χ0n) is 11.3. The van der Waals surface area contributed by atoms with Crippen molar-refractivity contribution in [2.24, 2.45) is 0 Å². The number of ether oxygens (including phenoxy) is 1. The van der Waals surface area contributed by atoms with E-state index in [1.165, 1.54) is 0 Å². The largest absolute Gasteiger partial charge is 0.372 e. The van der Waals surface area contributed by atoms with Gasteiger partial charge in [0.15, 0.2) is 0 Å². The number of nitrogens with one attached hydrogen (secondary N) is 1. The third-order valence-corrected chi connectivity index (χ3v) is 4.16. The van der Waals surface area contributed by atoms with E-state index in [1.807, 2.05) is 0 Å². The van der Waals surface area contributed by atoms with Crippen LogP contribution in [0.3, 0.4) is 0 Å². The third-order valence-electron chi connectivity index (χ3n) is 3.26. The Hall–Kier alpha value is -0.490. The van der Waals surface area contributed by atoms with Crippen molar-refractivity contribution in [3.63, 3.8) is 0 Å². The molecular weight excluding hydrogens is 246 g/mol. The number of piperidine rings is 1. The van der Waals surface area contributed by atoms with Crippen molar-refractivity contribution in [1.29, 1.82) is 0 Å². The Morgan fingerprint density at radius 1 is 1.50 bits per heavy atom. The van der Waals surface area contributed by atoms with Gasteiger partial charge in [-0.25, -0.2) is 4.98 Å². The van der Waals surface area contributed by atoms with Crippen LogP contribution in [0.25, 0.3) is 0 Å². The normalized spacial score (nSPS) is 18.3. The standard InChI is InChI=1S/C13H23N3OS/c1-3-14-8-13-15-11(10-18-13)9-17-12-4-6-16(2)7-5-12/h10,12,14H,3-9H2,1-2H3. The third kappa shape index (κ3) is 4.31. The molecule has 1 aromatic heterocycles. The van der Waals surface area contributed by atoms with Crippen molar-refractivity contribution in [2.45, 2.75) is 39.0 Å². The molecule has 0 aromatic carbocycles. The average molecular weight is 269 g/mol. The van der Waals surface area contributed by atoms with Gasteiger partial charge in [-0.05, 0) is 26.4 Å². The lowest BCUT2D eigenvalue weighted by molar-refractivity contribution is 0.000902. The van der Waals surface area contributed by atoms with Gasteiger partial charge in [-0.3, -0.25) is 0 Å². The molecule has 102 valence electrons. The molecule has 1 N–H and O–H groups in total. The molecule has 0 aliphatic carbocycles. The van der Waals surface area contributed by atoms with Gasteiger partial charge in [-0.2, -0.15) is 0 Å². The molecule has 1 aromatic rings. The second-order valence-electron chi connectivity index (χ2n) is 4.83. The summed E-state index contributed by atoms with van der Waals surface area (Å²) >= 11 is 1.71. The Kier molecular flexibility index (Phi) is 5.56. The van der Waals surface area contributed by atoms with Gasteiger partial charge in [0.2, 0.25) is 0 Å². The van der Waals surface area contributed by atoms with Crippen LogP contribution in [0, 0.1) is 0 Å². The highest BCUT2D eigenvalue weighted by atomic mass is 32.1. The van der Waals surface area contributed by atoms with Crippen molar-refractivity contribution < 1.29 is 4.74 Å². The second-order valence-corrected chi connectivity index (χ2v) is 5.77. The van der Waals surface area contributed by atoms with Crippen molar-refractivity contribution in [1.82, 2.24) is 15.2 Å². The predicted octanol–water partition coefficient (Wildman–Crippen LogP) is 1.86. The molecule has 0 amide bonds. The maximum absolute atomic E-state index is 5.93. The summed E-state index contributed by atoms with van der Waals surface area (Å²) in [4.78, 5) is 6.93. The molecule has 1 aliphatic heterocycles. The van der Waals surface area contributed by atoms with E-state index in [0.29, 0.717) is 12.7 Å². The summed E-state index contributed by atoms with van der Waals surface area (Å²) < 4.78 is 5.93. The highest BCUT2D eigenvalue weighted by Crippen LogP contribution is 2.16. The number of hydrogen-bond donors (Lipinski definition) is 1. The zero-order chi connectivity index (χ0) is 12.8. The smallest absolute Gasteiger partial charge is 0.107 e. The Balaban J connectivity index is 1.71. The van der Waals surface area contributed by atoms with Crippen molar-refractivity contribution in [2.75, 3.05) is 26.7 Å². The van der Waals surface area contributed by atoms with Gasteiger partial charge in [-0.15, -0.1) is 11.3 Å². The maximum atomic E-state index is 5.93. The molecule has 1 aliphatic rings. The van der Waals surface area contributed by atoms with Crippen LogP contribution < -0.4 is 5.32 Å². The van der Waals surface area contributed by atoms with Crippen LogP contribution in [-0.4, -0.2) is 42.7 Å². The highest BCUT2D eigenvalue weighted by Gasteiger charge is 2.17. The summed E-state index contributed by atoms with van der Waals surface area (Å²) in [5.74, 6) is 0. The molecular formula is C13H23N3OS. The summed E-state index contributed by atoms with van der Waals surface area (Å²) in [6.07, 6.45) is 2.70. The monoisotopic (exact) mass is 269 g/mol. The van der Waals surface area contributed by atoms with Gasteiger partial charge in [-0.1, -0.05) is 6.92 Å². The van der Waals surface area contributed by atoms with E-state index in [1.54, 1.807) is 11.3 Å². The SMILES string of the molecule is CCNCc1nc(COC2CCN(C)CC2)cs1.